The molecule has 1 atom stereocenters. The van der Waals surface area contributed by atoms with Gasteiger partial charge in [0, 0.05) is 12.0 Å². The fourth-order valence-corrected chi connectivity index (χ4v) is 2.91. The largest absolute Gasteiger partial charge is 0.511 e. The molecule has 0 bridgehead atoms. The van der Waals surface area contributed by atoms with Gasteiger partial charge in [0.2, 0.25) is 5.89 Å². The second kappa shape index (κ2) is 7.55. The molecular formula is C20H15FN4O4. The van der Waals surface area contributed by atoms with E-state index in [-0.39, 0.29) is 18.0 Å². The molecule has 8 nitrogen and oxygen atoms in total. The second-order valence-electron chi connectivity index (χ2n) is 6.31. The summed E-state index contributed by atoms with van der Waals surface area (Å²) in [5.41, 5.74) is 0.759. The van der Waals surface area contributed by atoms with E-state index in [1.165, 1.54) is 12.3 Å². The summed E-state index contributed by atoms with van der Waals surface area (Å²) in [4.78, 5) is 32.8. The van der Waals surface area contributed by atoms with Crippen molar-refractivity contribution in [3.63, 3.8) is 0 Å². The lowest BCUT2D eigenvalue weighted by Gasteiger charge is -2.23. The van der Waals surface area contributed by atoms with Crippen LogP contribution in [0.3, 0.4) is 0 Å². The molecular weight excluding hydrogens is 379 g/mol. The summed E-state index contributed by atoms with van der Waals surface area (Å²) in [5, 5.41) is 15.3. The maximum absolute atomic E-state index is 12.9. The van der Waals surface area contributed by atoms with E-state index >= 15 is 0 Å². The number of aromatic nitrogens is 2. The van der Waals surface area contributed by atoms with Crippen LogP contribution in [0.2, 0.25) is 0 Å². The SMILES string of the molecule is O=C(Nc1ccc(F)cn1)C1=C(O)CC(c2coc(-c3ccccc3)n2)NC1=O. The molecule has 146 valence electrons. The van der Waals surface area contributed by atoms with Gasteiger partial charge in [-0.05, 0) is 24.3 Å². The third-order valence-corrected chi connectivity index (χ3v) is 4.31. The van der Waals surface area contributed by atoms with Crippen LogP contribution in [0.25, 0.3) is 11.5 Å². The molecule has 0 radical (unpaired) electrons. The van der Waals surface area contributed by atoms with E-state index in [1.54, 1.807) is 0 Å². The third kappa shape index (κ3) is 3.84. The van der Waals surface area contributed by atoms with E-state index in [0.717, 1.165) is 17.8 Å². The molecule has 29 heavy (non-hydrogen) atoms. The van der Waals surface area contributed by atoms with E-state index in [9.17, 15) is 19.1 Å². The van der Waals surface area contributed by atoms with E-state index in [0.29, 0.717) is 11.6 Å². The summed E-state index contributed by atoms with van der Waals surface area (Å²) in [6.45, 7) is 0. The normalized spacial score (nSPS) is 16.4. The molecule has 4 rings (SSSR count). The van der Waals surface area contributed by atoms with Crippen molar-refractivity contribution in [1.29, 1.82) is 0 Å². The minimum absolute atomic E-state index is 0.0356. The van der Waals surface area contributed by atoms with Crippen molar-refractivity contribution in [3.05, 3.63) is 77.8 Å². The molecule has 2 aromatic heterocycles. The van der Waals surface area contributed by atoms with Crippen LogP contribution >= 0.6 is 0 Å². The summed E-state index contributed by atoms with van der Waals surface area (Å²) >= 11 is 0. The molecule has 9 heteroatoms. The fraction of sp³-hybridized carbons (Fsp3) is 0.100. The van der Waals surface area contributed by atoms with Gasteiger partial charge in [0.1, 0.15) is 34.9 Å². The first kappa shape index (κ1) is 18.4. The van der Waals surface area contributed by atoms with E-state index in [4.69, 9.17) is 4.42 Å². The molecule has 1 aliphatic rings. The Hall–Kier alpha value is -4.01. The first-order valence-electron chi connectivity index (χ1n) is 8.68. The Morgan fingerprint density at radius 1 is 1.24 bits per heavy atom. The van der Waals surface area contributed by atoms with Gasteiger partial charge >= 0.3 is 0 Å². The fourth-order valence-electron chi connectivity index (χ4n) is 2.91. The number of pyridine rings is 1. The number of carbonyl (C=O) groups excluding carboxylic acids is 2. The molecule has 0 spiro atoms. The number of hydrogen-bond donors (Lipinski definition) is 3. The van der Waals surface area contributed by atoms with Crippen molar-refractivity contribution < 1.29 is 23.5 Å². The molecule has 0 saturated heterocycles. The Balaban J connectivity index is 1.51. The molecule has 1 aromatic carbocycles. The monoisotopic (exact) mass is 394 g/mol. The van der Waals surface area contributed by atoms with Gasteiger partial charge in [-0.1, -0.05) is 18.2 Å². The number of rotatable bonds is 4. The Morgan fingerprint density at radius 3 is 2.72 bits per heavy atom. The Labute approximate surface area is 164 Å². The lowest BCUT2D eigenvalue weighted by atomic mass is 10.00. The zero-order chi connectivity index (χ0) is 20.4. The van der Waals surface area contributed by atoms with Crippen molar-refractivity contribution in [1.82, 2.24) is 15.3 Å². The van der Waals surface area contributed by atoms with E-state index in [2.05, 4.69) is 20.6 Å². The minimum atomic E-state index is -0.845. The van der Waals surface area contributed by atoms with Crippen LogP contribution in [0.15, 0.2) is 70.7 Å². The average molecular weight is 394 g/mol. The number of oxazole rings is 1. The van der Waals surface area contributed by atoms with Crippen molar-refractivity contribution in [2.75, 3.05) is 5.32 Å². The number of carbonyl (C=O) groups is 2. The van der Waals surface area contributed by atoms with Gasteiger partial charge in [0.25, 0.3) is 11.8 Å². The van der Waals surface area contributed by atoms with Gasteiger partial charge in [-0.2, -0.15) is 0 Å². The zero-order valence-electron chi connectivity index (χ0n) is 14.9. The molecule has 3 aromatic rings. The quantitative estimate of drug-likeness (QED) is 0.586. The third-order valence-electron chi connectivity index (χ3n) is 4.31. The lowest BCUT2D eigenvalue weighted by Crippen LogP contribution is -2.39. The molecule has 1 aliphatic heterocycles. The van der Waals surface area contributed by atoms with Crippen LogP contribution in [0.5, 0.6) is 0 Å². The second-order valence-corrected chi connectivity index (χ2v) is 6.31. The number of nitrogens with zero attached hydrogens (tertiary/aromatic N) is 2. The number of aliphatic hydroxyl groups is 1. The van der Waals surface area contributed by atoms with Crippen molar-refractivity contribution in [3.8, 4) is 11.5 Å². The highest BCUT2D eigenvalue weighted by Gasteiger charge is 2.33. The molecule has 0 fully saturated rings. The minimum Gasteiger partial charge on any atom is -0.511 e. The Kier molecular flexibility index (Phi) is 4.78. The molecule has 1 unspecified atom stereocenters. The van der Waals surface area contributed by atoms with Gasteiger partial charge in [-0.15, -0.1) is 0 Å². The predicted octanol–water partition coefficient (Wildman–Crippen LogP) is 2.89. The van der Waals surface area contributed by atoms with Crippen LogP contribution in [0.4, 0.5) is 10.2 Å². The van der Waals surface area contributed by atoms with Crippen LogP contribution in [-0.4, -0.2) is 26.9 Å². The Morgan fingerprint density at radius 2 is 2.03 bits per heavy atom. The Bertz CT molecular complexity index is 1090. The topological polar surface area (TPSA) is 117 Å². The number of nitrogens with one attached hydrogen (secondary N) is 2. The van der Waals surface area contributed by atoms with Gasteiger partial charge in [0.15, 0.2) is 0 Å². The molecule has 0 aliphatic carbocycles. The maximum Gasteiger partial charge on any atom is 0.265 e. The standard InChI is InChI=1S/C20H15FN4O4/c21-12-6-7-16(22-9-12)25-19(28)17-15(26)8-13(23-18(17)27)14-10-29-20(24-14)11-4-2-1-3-5-11/h1-7,9-10,13,26H,8H2,(H,23,27)(H,22,25,28). The highest BCUT2D eigenvalue weighted by Crippen LogP contribution is 2.28. The van der Waals surface area contributed by atoms with Crippen LogP contribution < -0.4 is 10.6 Å². The van der Waals surface area contributed by atoms with E-state index < -0.39 is 29.2 Å². The van der Waals surface area contributed by atoms with Crippen LogP contribution in [0, 0.1) is 5.82 Å². The zero-order valence-corrected chi connectivity index (χ0v) is 14.9. The number of anilines is 1. The van der Waals surface area contributed by atoms with Gasteiger partial charge in [-0.25, -0.2) is 14.4 Å². The smallest absolute Gasteiger partial charge is 0.265 e. The number of amides is 2. The molecule has 2 amide bonds. The number of aliphatic hydroxyl groups excluding tert-OH is 1. The highest BCUT2D eigenvalue weighted by molar-refractivity contribution is 6.23. The highest BCUT2D eigenvalue weighted by atomic mass is 19.1. The van der Waals surface area contributed by atoms with Crippen molar-refractivity contribution in [2.45, 2.75) is 12.5 Å². The van der Waals surface area contributed by atoms with Crippen molar-refractivity contribution >= 4 is 17.6 Å². The van der Waals surface area contributed by atoms with Gasteiger partial charge in [-0.3, -0.25) is 9.59 Å². The predicted molar refractivity (Wildman–Crippen MR) is 99.9 cm³/mol. The molecule has 0 saturated carbocycles. The average Bonchev–Trinajstić information content (AvgIpc) is 3.20. The van der Waals surface area contributed by atoms with Crippen LogP contribution in [0.1, 0.15) is 18.2 Å². The summed E-state index contributed by atoms with van der Waals surface area (Å²) in [6.07, 6.45) is 2.29. The number of hydrogen-bond acceptors (Lipinski definition) is 6. The lowest BCUT2D eigenvalue weighted by molar-refractivity contribution is -0.123. The number of benzene rings is 1. The maximum atomic E-state index is 12.9. The molecule has 3 N–H and O–H groups in total. The first-order chi connectivity index (χ1) is 14.0. The molecule has 3 heterocycles. The summed E-state index contributed by atoms with van der Waals surface area (Å²) < 4.78 is 18.4. The van der Waals surface area contributed by atoms with Crippen molar-refractivity contribution in [2.24, 2.45) is 0 Å². The van der Waals surface area contributed by atoms with Crippen LogP contribution in [-0.2, 0) is 9.59 Å². The number of halogens is 1. The van der Waals surface area contributed by atoms with Gasteiger partial charge in [0.05, 0.1) is 12.2 Å². The summed E-state index contributed by atoms with van der Waals surface area (Å²) in [6, 6.07) is 10.9. The summed E-state index contributed by atoms with van der Waals surface area (Å²) in [7, 11) is 0. The summed E-state index contributed by atoms with van der Waals surface area (Å²) in [5.74, 6) is -2.13. The van der Waals surface area contributed by atoms with Gasteiger partial charge < -0.3 is 20.2 Å². The first-order valence-corrected chi connectivity index (χ1v) is 8.68. The van der Waals surface area contributed by atoms with E-state index in [1.807, 2.05) is 30.3 Å².